The Morgan fingerprint density at radius 3 is 2.53 bits per heavy atom. The van der Waals surface area contributed by atoms with Gasteiger partial charge in [0, 0.05) is 50.7 Å². The molecule has 1 aromatic heterocycles. The number of rotatable bonds is 5. The molecule has 5 nitrogen and oxygen atoms in total. The highest BCUT2D eigenvalue weighted by atomic mass is 32.1. The summed E-state index contributed by atoms with van der Waals surface area (Å²) in [5, 5.41) is 2.82. The van der Waals surface area contributed by atoms with Gasteiger partial charge in [0.05, 0.1) is 11.4 Å². The van der Waals surface area contributed by atoms with Crippen molar-refractivity contribution < 1.29 is 4.79 Å². The summed E-state index contributed by atoms with van der Waals surface area (Å²) in [7, 11) is 0. The van der Waals surface area contributed by atoms with Crippen LogP contribution in [0.15, 0.2) is 53.9 Å². The van der Waals surface area contributed by atoms with Crippen molar-refractivity contribution in [2.75, 3.05) is 36.0 Å². The highest BCUT2D eigenvalue weighted by molar-refractivity contribution is 7.14. The fourth-order valence-corrected chi connectivity index (χ4v) is 4.84. The van der Waals surface area contributed by atoms with Crippen LogP contribution in [0.5, 0.6) is 0 Å². The first-order valence-electron chi connectivity index (χ1n) is 10.4. The standard InChI is InChI=1S/C24H28N4OS/c1-18-7-6-9-22(15-18)28(20(3)29)24-25-21(17-30-24)16-26-11-13-27(14-12-26)23-10-5-4-8-19(23)2/h4-10,15,17H,11-14,16H2,1-3H3. The molecule has 1 saturated heterocycles. The minimum atomic E-state index is -0.0201. The zero-order chi connectivity index (χ0) is 21.1. The van der Waals surface area contributed by atoms with Crippen molar-refractivity contribution in [1.82, 2.24) is 9.88 Å². The predicted octanol–water partition coefficient (Wildman–Crippen LogP) is 4.77. The molecule has 0 bridgehead atoms. The van der Waals surface area contributed by atoms with E-state index < -0.39 is 0 Å². The summed E-state index contributed by atoms with van der Waals surface area (Å²) in [6.07, 6.45) is 0. The highest BCUT2D eigenvalue weighted by Crippen LogP contribution is 2.30. The molecular formula is C24H28N4OS. The second-order valence-electron chi connectivity index (χ2n) is 7.86. The number of carbonyl (C=O) groups is 1. The average Bonchev–Trinajstić information content (AvgIpc) is 3.17. The van der Waals surface area contributed by atoms with Crippen molar-refractivity contribution in [3.63, 3.8) is 0 Å². The number of aromatic nitrogens is 1. The zero-order valence-electron chi connectivity index (χ0n) is 17.8. The van der Waals surface area contributed by atoms with E-state index in [2.05, 4.69) is 46.4 Å². The van der Waals surface area contributed by atoms with E-state index in [1.54, 1.807) is 11.8 Å². The molecule has 0 spiro atoms. The van der Waals surface area contributed by atoms with Crippen LogP contribution >= 0.6 is 11.3 Å². The Hall–Kier alpha value is -2.70. The third kappa shape index (κ3) is 4.55. The lowest BCUT2D eigenvalue weighted by atomic mass is 10.1. The van der Waals surface area contributed by atoms with Crippen molar-refractivity contribution in [3.05, 3.63) is 70.7 Å². The summed E-state index contributed by atoms with van der Waals surface area (Å²) in [5.74, 6) is -0.0201. The van der Waals surface area contributed by atoms with Crippen molar-refractivity contribution in [2.45, 2.75) is 27.3 Å². The normalized spacial score (nSPS) is 14.7. The van der Waals surface area contributed by atoms with Gasteiger partial charge < -0.3 is 4.90 Å². The van der Waals surface area contributed by atoms with Crippen LogP contribution in [-0.2, 0) is 11.3 Å². The monoisotopic (exact) mass is 420 g/mol. The Balaban J connectivity index is 1.41. The smallest absolute Gasteiger partial charge is 0.230 e. The van der Waals surface area contributed by atoms with Gasteiger partial charge in [-0.2, -0.15) is 0 Å². The van der Waals surface area contributed by atoms with E-state index in [9.17, 15) is 4.79 Å². The molecule has 3 aromatic rings. The third-order valence-electron chi connectivity index (χ3n) is 5.52. The van der Waals surface area contributed by atoms with E-state index in [0.717, 1.165) is 54.8 Å². The van der Waals surface area contributed by atoms with E-state index in [1.165, 1.54) is 22.6 Å². The number of thiazole rings is 1. The van der Waals surface area contributed by atoms with Gasteiger partial charge in [-0.1, -0.05) is 30.3 Å². The SMILES string of the molecule is CC(=O)N(c1cccc(C)c1)c1nc(CN2CCN(c3ccccc3C)CC2)cs1. The van der Waals surface area contributed by atoms with Gasteiger partial charge in [0.25, 0.3) is 0 Å². The zero-order valence-corrected chi connectivity index (χ0v) is 18.7. The molecular weight excluding hydrogens is 392 g/mol. The Morgan fingerprint density at radius 1 is 1.07 bits per heavy atom. The number of hydrogen-bond acceptors (Lipinski definition) is 5. The molecule has 0 atom stereocenters. The maximum atomic E-state index is 12.3. The van der Waals surface area contributed by atoms with Crippen LogP contribution in [0.1, 0.15) is 23.7 Å². The van der Waals surface area contributed by atoms with E-state index in [0.29, 0.717) is 0 Å². The molecule has 0 radical (unpaired) electrons. The molecule has 0 N–H and O–H groups in total. The largest absolute Gasteiger partial charge is 0.369 e. The van der Waals surface area contributed by atoms with Crippen LogP contribution in [0.3, 0.4) is 0 Å². The van der Waals surface area contributed by atoms with Gasteiger partial charge in [-0.15, -0.1) is 11.3 Å². The van der Waals surface area contributed by atoms with Crippen LogP contribution < -0.4 is 9.80 Å². The van der Waals surface area contributed by atoms with E-state index in [-0.39, 0.29) is 5.91 Å². The number of hydrogen-bond donors (Lipinski definition) is 0. The lowest BCUT2D eigenvalue weighted by Crippen LogP contribution is -2.46. The van der Waals surface area contributed by atoms with Gasteiger partial charge in [-0.3, -0.25) is 14.6 Å². The summed E-state index contributed by atoms with van der Waals surface area (Å²) in [5.41, 5.74) is 5.69. The molecule has 6 heteroatoms. The summed E-state index contributed by atoms with van der Waals surface area (Å²) >= 11 is 1.53. The maximum absolute atomic E-state index is 12.3. The average molecular weight is 421 g/mol. The summed E-state index contributed by atoms with van der Waals surface area (Å²) < 4.78 is 0. The number of carbonyl (C=O) groups excluding carboxylic acids is 1. The minimum Gasteiger partial charge on any atom is -0.369 e. The van der Waals surface area contributed by atoms with Crippen LogP contribution in [0.4, 0.5) is 16.5 Å². The fraction of sp³-hybridized carbons (Fsp3) is 0.333. The highest BCUT2D eigenvalue weighted by Gasteiger charge is 2.21. The molecule has 2 heterocycles. The quantitative estimate of drug-likeness (QED) is 0.596. The predicted molar refractivity (Wildman–Crippen MR) is 125 cm³/mol. The van der Waals surface area contributed by atoms with Gasteiger partial charge in [0.2, 0.25) is 5.91 Å². The first-order valence-corrected chi connectivity index (χ1v) is 11.2. The molecule has 0 saturated carbocycles. The molecule has 1 aliphatic rings. The topological polar surface area (TPSA) is 39.7 Å². The van der Waals surface area contributed by atoms with Crippen LogP contribution in [0, 0.1) is 13.8 Å². The van der Waals surface area contributed by atoms with E-state index in [1.807, 2.05) is 31.2 Å². The first kappa shape index (κ1) is 20.6. The Kier molecular flexibility index (Phi) is 6.16. The number of anilines is 3. The Morgan fingerprint density at radius 2 is 1.83 bits per heavy atom. The van der Waals surface area contributed by atoms with E-state index >= 15 is 0 Å². The molecule has 1 fully saturated rings. The molecule has 2 aromatic carbocycles. The lowest BCUT2D eigenvalue weighted by molar-refractivity contribution is -0.115. The summed E-state index contributed by atoms with van der Waals surface area (Å²) in [6.45, 7) is 10.7. The number of amides is 1. The third-order valence-corrected chi connectivity index (χ3v) is 6.39. The number of benzene rings is 2. The van der Waals surface area contributed by atoms with Crippen LogP contribution in [0.25, 0.3) is 0 Å². The van der Waals surface area contributed by atoms with Gasteiger partial charge in [0.1, 0.15) is 0 Å². The lowest BCUT2D eigenvalue weighted by Gasteiger charge is -2.36. The van der Waals surface area contributed by atoms with Crippen LogP contribution in [-0.4, -0.2) is 42.0 Å². The maximum Gasteiger partial charge on any atom is 0.230 e. The molecule has 30 heavy (non-hydrogen) atoms. The second-order valence-corrected chi connectivity index (χ2v) is 8.70. The first-order chi connectivity index (χ1) is 14.5. The van der Waals surface area contributed by atoms with Crippen molar-refractivity contribution in [3.8, 4) is 0 Å². The molecule has 1 amide bonds. The summed E-state index contributed by atoms with van der Waals surface area (Å²) in [6, 6.07) is 16.6. The van der Waals surface area contributed by atoms with Crippen molar-refractivity contribution in [1.29, 1.82) is 0 Å². The molecule has 1 aliphatic heterocycles. The molecule has 0 aliphatic carbocycles. The number of para-hydroxylation sites is 1. The minimum absolute atomic E-state index is 0.0201. The van der Waals surface area contributed by atoms with Crippen LogP contribution in [0.2, 0.25) is 0 Å². The van der Waals surface area contributed by atoms with Gasteiger partial charge >= 0.3 is 0 Å². The second kappa shape index (κ2) is 8.98. The fourth-order valence-electron chi connectivity index (χ4n) is 3.96. The van der Waals surface area contributed by atoms with Gasteiger partial charge in [-0.05, 0) is 43.2 Å². The van der Waals surface area contributed by atoms with Crippen molar-refractivity contribution >= 4 is 33.8 Å². The number of piperazine rings is 1. The molecule has 156 valence electrons. The van der Waals surface area contributed by atoms with Crippen molar-refractivity contribution in [2.24, 2.45) is 0 Å². The Bertz CT molecular complexity index is 1020. The van der Waals surface area contributed by atoms with Gasteiger partial charge in [-0.25, -0.2) is 4.98 Å². The molecule has 0 unspecified atom stereocenters. The number of aryl methyl sites for hydroxylation is 2. The number of nitrogens with zero attached hydrogens (tertiary/aromatic N) is 4. The van der Waals surface area contributed by atoms with E-state index in [4.69, 9.17) is 4.98 Å². The Labute approximate surface area is 182 Å². The van der Waals surface area contributed by atoms with Gasteiger partial charge in [0.15, 0.2) is 5.13 Å². The summed E-state index contributed by atoms with van der Waals surface area (Å²) in [4.78, 5) is 23.7. The molecule has 4 rings (SSSR count).